The monoisotopic (exact) mass is 477 g/mol. The van der Waals surface area contributed by atoms with Gasteiger partial charge in [0.1, 0.15) is 5.82 Å². The molecule has 1 saturated heterocycles. The number of imidazole rings is 1. The summed E-state index contributed by atoms with van der Waals surface area (Å²) in [6.07, 6.45) is 2.73. The van der Waals surface area contributed by atoms with Gasteiger partial charge in [-0.15, -0.1) is 0 Å². The van der Waals surface area contributed by atoms with Gasteiger partial charge in [0.2, 0.25) is 0 Å². The van der Waals surface area contributed by atoms with Crippen molar-refractivity contribution in [1.29, 1.82) is 0 Å². The number of aromatic nitrogens is 2. The molecule has 1 atom stereocenters. The maximum atomic E-state index is 12.4. The predicted molar refractivity (Wildman–Crippen MR) is 116 cm³/mol. The van der Waals surface area contributed by atoms with Gasteiger partial charge in [0.25, 0.3) is 10.1 Å². The Labute approximate surface area is 179 Å². The summed E-state index contributed by atoms with van der Waals surface area (Å²) in [7, 11) is -3.78. The van der Waals surface area contributed by atoms with Crippen LogP contribution in [-0.2, 0) is 27.3 Å². The zero-order chi connectivity index (χ0) is 20.4. The van der Waals surface area contributed by atoms with E-state index >= 15 is 0 Å². The molecule has 1 aliphatic rings. The number of nitrogens with zero attached hydrogens (tertiary/aromatic N) is 2. The molecule has 1 fully saturated rings. The maximum absolute atomic E-state index is 12.4. The van der Waals surface area contributed by atoms with E-state index in [0.29, 0.717) is 12.5 Å². The third kappa shape index (κ3) is 4.71. The summed E-state index contributed by atoms with van der Waals surface area (Å²) < 4.78 is 33.4. The van der Waals surface area contributed by atoms with Crippen molar-refractivity contribution in [2.24, 2.45) is 0 Å². The highest BCUT2D eigenvalue weighted by Gasteiger charge is 2.20. The van der Waals surface area contributed by atoms with Crippen molar-refractivity contribution in [3.8, 4) is 0 Å². The lowest BCUT2D eigenvalue weighted by molar-refractivity contribution is 0.317. The molecule has 0 spiro atoms. The Morgan fingerprint density at radius 3 is 2.76 bits per heavy atom. The van der Waals surface area contributed by atoms with E-state index in [9.17, 15) is 8.42 Å². The van der Waals surface area contributed by atoms with Crippen LogP contribution in [-0.4, -0.2) is 37.2 Å². The molecular weight excluding hydrogens is 454 g/mol. The predicted octanol–water partition coefficient (Wildman–Crippen LogP) is 3.81. The van der Waals surface area contributed by atoms with Crippen LogP contribution in [0.4, 0.5) is 0 Å². The van der Waals surface area contributed by atoms with E-state index in [0.717, 1.165) is 46.4 Å². The summed E-state index contributed by atoms with van der Waals surface area (Å²) >= 11 is 3.50. The van der Waals surface area contributed by atoms with Crippen molar-refractivity contribution >= 4 is 37.1 Å². The first-order chi connectivity index (χ1) is 13.9. The number of fused-ring (bicyclic) bond motifs is 1. The third-order valence-corrected chi connectivity index (χ3v) is 7.05. The molecule has 1 N–H and O–H groups in total. The number of benzene rings is 2. The lowest BCUT2D eigenvalue weighted by Crippen LogP contribution is -2.27. The van der Waals surface area contributed by atoms with Gasteiger partial charge in [-0.3, -0.25) is 4.18 Å². The zero-order valence-corrected chi connectivity index (χ0v) is 18.7. The second-order valence-electron chi connectivity index (χ2n) is 7.40. The van der Waals surface area contributed by atoms with Crippen molar-refractivity contribution in [2.45, 2.75) is 43.7 Å². The van der Waals surface area contributed by atoms with E-state index in [1.165, 1.54) is 6.42 Å². The van der Waals surface area contributed by atoms with Crippen LogP contribution in [0.1, 0.15) is 24.2 Å². The number of aryl methyl sites for hydroxylation is 1. The molecule has 1 aliphatic heterocycles. The van der Waals surface area contributed by atoms with Crippen LogP contribution in [0.15, 0.2) is 51.8 Å². The average Bonchev–Trinajstić information content (AvgIpc) is 3.30. The van der Waals surface area contributed by atoms with E-state index < -0.39 is 10.1 Å². The van der Waals surface area contributed by atoms with E-state index in [2.05, 4.69) is 31.9 Å². The van der Waals surface area contributed by atoms with Gasteiger partial charge in [0.05, 0.1) is 22.5 Å². The second-order valence-corrected chi connectivity index (χ2v) is 9.94. The van der Waals surface area contributed by atoms with Crippen molar-refractivity contribution in [3.05, 3.63) is 58.3 Å². The minimum Gasteiger partial charge on any atom is -0.326 e. The fourth-order valence-electron chi connectivity index (χ4n) is 3.70. The van der Waals surface area contributed by atoms with Gasteiger partial charge in [0.15, 0.2) is 0 Å². The quantitative estimate of drug-likeness (QED) is 0.523. The summed E-state index contributed by atoms with van der Waals surface area (Å²) in [5.41, 5.74) is 2.96. The Morgan fingerprint density at radius 1 is 1.24 bits per heavy atom. The van der Waals surface area contributed by atoms with Crippen LogP contribution in [0.2, 0.25) is 0 Å². The summed E-state index contributed by atoms with van der Waals surface area (Å²) in [5.74, 6) is 0.839. The van der Waals surface area contributed by atoms with E-state index in [4.69, 9.17) is 9.17 Å². The van der Waals surface area contributed by atoms with Crippen LogP contribution in [0.25, 0.3) is 11.0 Å². The van der Waals surface area contributed by atoms with Crippen LogP contribution in [0.5, 0.6) is 0 Å². The number of nitrogens with one attached hydrogen (secondary N) is 1. The van der Waals surface area contributed by atoms with Crippen molar-refractivity contribution in [3.63, 3.8) is 0 Å². The smallest absolute Gasteiger partial charge is 0.296 e. The molecule has 2 heterocycles. The molecule has 1 aromatic heterocycles. The highest BCUT2D eigenvalue weighted by Crippen LogP contribution is 2.23. The molecule has 0 aliphatic carbocycles. The molecule has 29 heavy (non-hydrogen) atoms. The standard InChI is InChI=1S/C21H24BrN3O3S/c1-15-4-7-18(8-5-15)29(26,27)28-12-10-21-24-19-13-16(22)6-9-20(19)25(21)14-17-3-2-11-23-17/h4-9,13,17,23H,2-3,10-12,14H2,1H3. The first-order valence-electron chi connectivity index (χ1n) is 9.76. The van der Waals surface area contributed by atoms with Crippen LogP contribution in [0.3, 0.4) is 0 Å². The maximum Gasteiger partial charge on any atom is 0.296 e. The van der Waals surface area contributed by atoms with Crippen molar-refractivity contribution in [2.75, 3.05) is 13.2 Å². The lowest BCUT2D eigenvalue weighted by Gasteiger charge is -2.15. The fraction of sp³-hybridized carbons (Fsp3) is 0.381. The van der Waals surface area contributed by atoms with Crippen LogP contribution >= 0.6 is 15.9 Å². The second kappa shape index (κ2) is 8.55. The zero-order valence-electron chi connectivity index (χ0n) is 16.3. The largest absolute Gasteiger partial charge is 0.326 e. The number of halogens is 1. The molecule has 2 aromatic carbocycles. The molecule has 8 heteroatoms. The lowest BCUT2D eigenvalue weighted by atomic mass is 10.2. The first-order valence-corrected chi connectivity index (χ1v) is 12.0. The van der Waals surface area contributed by atoms with Crippen molar-refractivity contribution in [1.82, 2.24) is 14.9 Å². The highest BCUT2D eigenvalue weighted by molar-refractivity contribution is 9.10. The molecule has 1 unspecified atom stereocenters. The molecule has 0 bridgehead atoms. The molecular formula is C21H24BrN3O3S. The van der Waals surface area contributed by atoms with Crippen molar-refractivity contribution < 1.29 is 12.6 Å². The number of rotatable bonds is 7. The Bertz CT molecular complexity index is 1100. The van der Waals surface area contributed by atoms with Gasteiger partial charge in [-0.1, -0.05) is 33.6 Å². The molecule has 0 saturated carbocycles. The molecule has 3 aromatic rings. The first kappa shape index (κ1) is 20.5. The Kier molecular flexibility index (Phi) is 6.06. The summed E-state index contributed by atoms with van der Waals surface area (Å²) in [6.45, 7) is 3.83. The van der Waals surface area contributed by atoms with Gasteiger partial charge in [-0.05, 0) is 56.6 Å². The number of hydrogen-bond acceptors (Lipinski definition) is 5. The molecule has 4 rings (SSSR count). The summed E-state index contributed by atoms with van der Waals surface area (Å²) in [4.78, 5) is 4.93. The van der Waals surface area contributed by atoms with Crippen LogP contribution < -0.4 is 5.32 Å². The van der Waals surface area contributed by atoms with Gasteiger partial charge in [-0.2, -0.15) is 8.42 Å². The minimum atomic E-state index is -3.78. The minimum absolute atomic E-state index is 0.0544. The molecule has 154 valence electrons. The Morgan fingerprint density at radius 2 is 2.03 bits per heavy atom. The molecule has 6 nitrogen and oxygen atoms in total. The summed E-state index contributed by atoms with van der Waals surface area (Å²) in [5, 5.41) is 3.52. The normalized spacial score (nSPS) is 17.2. The fourth-order valence-corrected chi connectivity index (χ4v) is 4.95. The third-order valence-electron chi connectivity index (χ3n) is 5.23. The SMILES string of the molecule is Cc1ccc(S(=O)(=O)OCCc2nc3cc(Br)ccc3n2CC2CCCN2)cc1. The van der Waals surface area contributed by atoms with Gasteiger partial charge < -0.3 is 9.88 Å². The molecule has 0 radical (unpaired) electrons. The Hall–Kier alpha value is -1.74. The van der Waals surface area contributed by atoms with Gasteiger partial charge in [0, 0.05) is 23.5 Å². The topological polar surface area (TPSA) is 73.2 Å². The van der Waals surface area contributed by atoms with E-state index in [-0.39, 0.29) is 11.5 Å². The average molecular weight is 478 g/mol. The molecule has 0 amide bonds. The highest BCUT2D eigenvalue weighted by atomic mass is 79.9. The summed E-state index contributed by atoms with van der Waals surface area (Å²) in [6, 6.07) is 13.1. The van der Waals surface area contributed by atoms with E-state index in [1.54, 1.807) is 24.3 Å². The van der Waals surface area contributed by atoms with Gasteiger partial charge >= 0.3 is 0 Å². The van der Waals surface area contributed by atoms with Gasteiger partial charge in [-0.25, -0.2) is 4.98 Å². The number of hydrogen-bond donors (Lipinski definition) is 1. The van der Waals surface area contributed by atoms with Crippen LogP contribution in [0, 0.1) is 6.92 Å². The van der Waals surface area contributed by atoms with E-state index in [1.807, 2.05) is 19.1 Å². The Balaban J connectivity index is 1.52.